The number of benzene rings is 4. The summed E-state index contributed by atoms with van der Waals surface area (Å²) in [6.45, 7) is 0. The molecule has 1 aliphatic rings. The second kappa shape index (κ2) is 7.41. The molecule has 4 aromatic carbocycles. The molecule has 0 spiro atoms. The van der Waals surface area contributed by atoms with Gasteiger partial charge in [-0.25, -0.2) is 4.79 Å². The summed E-state index contributed by atoms with van der Waals surface area (Å²) in [5.41, 5.74) is 4.60. The van der Waals surface area contributed by atoms with Gasteiger partial charge in [-0.15, -0.1) is 0 Å². The lowest BCUT2D eigenvalue weighted by atomic mass is 9.77. The molecule has 0 bridgehead atoms. The number of hydrogen-bond donors (Lipinski definition) is 0. The third-order valence-electron chi connectivity index (χ3n) is 6.32. The molecule has 0 N–H and O–H groups in total. The molecule has 4 nitrogen and oxygen atoms in total. The standard InChI is InChI=1S/C28H26N2O2/c1-29(2)20-15-13-19(14-16-20)28(24-12-8-7-11-23(24)27(31)32-28)25-17-18-26(30(3)4)22-10-6-5-9-21(22)25/h5-18H,1-4H3. The minimum Gasteiger partial charge on any atom is -0.441 e. The highest BCUT2D eigenvalue weighted by Gasteiger charge is 2.49. The Labute approximate surface area is 188 Å². The second-order valence-corrected chi connectivity index (χ2v) is 8.63. The number of ether oxygens (including phenoxy) is 1. The summed E-state index contributed by atoms with van der Waals surface area (Å²) < 4.78 is 6.33. The minimum absolute atomic E-state index is 0.293. The molecule has 1 heterocycles. The molecule has 4 heteroatoms. The Morgan fingerprint density at radius 3 is 2.00 bits per heavy atom. The molecule has 1 aliphatic heterocycles. The Morgan fingerprint density at radius 1 is 0.656 bits per heavy atom. The first-order valence-electron chi connectivity index (χ1n) is 10.7. The molecule has 32 heavy (non-hydrogen) atoms. The molecule has 0 radical (unpaired) electrons. The first-order chi connectivity index (χ1) is 15.4. The molecule has 1 atom stereocenters. The van der Waals surface area contributed by atoms with Crippen molar-refractivity contribution in [3.63, 3.8) is 0 Å². The predicted molar refractivity (Wildman–Crippen MR) is 131 cm³/mol. The van der Waals surface area contributed by atoms with E-state index in [1.165, 1.54) is 0 Å². The van der Waals surface area contributed by atoms with E-state index in [2.05, 4.69) is 58.3 Å². The molecule has 0 aromatic heterocycles. The van der Waals surface area contributed by atoms with Crippen molar-refractivity contribution in [1.82, 2.24) is 0 Å². The maximum absolute atomic E-state index is 13.1. The zero-order valence-corrected chi connectivity index (χ0v) is 18.8. The summed E-state index contributed by atoms with van der Waals surface area (Å²) in [6, 6.07) is 28.5. The van der Waals surface area contributed by atoms with E-state index in [0.29, 0.717) is 5.56 Å². The highest BCUT2D eigenvalue weighted by molar-refractivity contribution is 6.01. The van der Waals surface area contributed by atoms with Crippen LogP contribution in [0.15, 0.2) is 84.9 Å². The van der Waals surface area contributed by atoms with E-state index in [-0.39, 0.29) is 5.97 Å². The Kier molecular flexibility index (Phi) is 4.66. The van der Waals surface area contributed by atoms with Gasteiger partial charge in [-0.3, -0.25) is 0 Å². The minimum atomic E-state index is -1.01. The summed E-state index contributed by atoms with van der Waals surface area (Å²) in [6.07, 6.45) is 0. The van der Waals surface area contributed by atoms with Crippen molar-refractivity contribution in [1.29, 1.82) is 0 Å². The quantitative estimate of drug-likeness (QED) is 0.410. The van der Waals surface area contributed by atoms with Crippen LogP contribution >= 0.6 is 0 Å². The van der Waals surface area contributed by atoms with Crippen LogP contribution in [0.5, 0.6) is 0 Å². The monoisotopic (exact) mass is 422 g/mol. The average molecular weight is 423 g/mol. The fraction of sp³-hybridized carbons (Fsp3) is 0.179. The number of nitrogens with zero attached hydrogens (tertiary/aromatic N) is 2. The predicted octanol–water partition coefficient (Wildman–Crippen LogP) is 5.43. The zero-order valence-electron chi connectivity index (χ0n) is 18.8. The molecular weight excluding hydrogens is 396 g/mol. The van der Waals surface area contributed by atoms with E-state index in [1.807, 2.05) is 64.6 Å². The highest BCUT2D eigenvalue weighted by atomic mass is 16.6. The average Bonchev–Trinajstić information content (AvgIpc) is 3.11. The molecule has 0 aliphatic carbocycles. The third-order valence-corrected chi connectivity index (χ3v) is 6.32. The number of fused-ring (bicyclic) bond motifs is 2. The molecule has 5 rings (SSSR count). The van der Waals surface area contributed by atoms with E-state index in [9.17, 15) is 4.79 Å². The van der Waals surface area contributed by atoms with Crippen LogP contribution in [-0.4, -0.2) is 34.2 Å². The molecule has 4 aromatic rings. The van der Waals surface area contributed by atoms with Gasteiger partial charge < -0.3 is 14.5 Å². The number of carbonyl (C=O) groups is 1. The van der Waals surface area contributed by atoms with Crippen molar-refractivity contribution in [3.05, 3.63) is 107 Å². The van der Waals surface area contributed by atoms with Gasteiger partial charge in [-0.05, 0) is 29.7 Å². The molecule has 0 amide bonds. The lowest BCUT2D eigenvalue weighted by Gasteiger charge is -2.32. The second-order valence-electron chi connectivity index (χ2n) is 8.63. The van der Waals surface area contributed by atoms with Crippen LogP contribution < -0.4 is 9.80 Å². The normalized spacial score (nSPS) is 17.2. The van der Waals surface area contributed by atoms with Crippen LogP contribution in [-0.2, 0) is 10.3 Å². The van der Waals surface area contributed by atoms with Gasteiger partial charge in [0.25, 0.3) is 0 Å². The SMILES string of the molecule is CN(C)c1ccc(C2(c3ccc(N(C)C)c4ccccc34)OC(=O)c3ccccc32)cc1. The van der Waals surface area contributed by atoms with Gasteiger partial charge in [0.2, 0.25) is 0 Å². The number of anilines is 2. The van der Waals surface area contributed by atoms with Gasteiger partial charge >= 0.3 is 5.97 Å². The van der Waals surface area contributed by atoms with E-state index in [1.54, 1.807) is 0 Å². The van der Waals surface area contributed by atoms with Crippen LogP contribution in [0.4, 0.5) is 11.4 Å². The molecule has 0 fully saturated rings. The molecular formula is C28H26N2O2. The van der Waals surface area contributed by atoms with Gasteiger partial charge in [-0.1, -0.05) is 60.7 Å². The number of cyclic esters (lactones) is 1. The maximum Gasteiger partial charge on any atom is 0.340 e. The summed E-state index contributed by atoms with van der Waals surface area (Å²) in [5, 5.41) is 2.19. The highest BCUT2D eigenvalue weighted by Crippen LogP contribution is 2.49. The third kappa shape index (κ3) is 2.87. The van der Waals surface area contributed by atoms with Gasteiger partial charge in [0.05, 0.1) is 5.56 Å². The van der Waals surface area contributed by atoms with E-state index in [4.69, 9.17) is 4.74 Å². The summed E-state index contributed by atoms with van der Waals surface area (Å²) in [7, 11) is 8.12. The Bertz CT molecular complexity index is 1330. The van der Waals surface area contributed by atoms with Crippen molar-refractivity contribution < 1.29 is 9.53 Å². The number of rotatable bonds is 4. The van der Waals surface area contributed by atoms with Crippen molar-refractivity contribution in [3.8, 4) is 0 Å². The van der Waals surface area contributed by atoms with Gasteiger partial charge in [0.15, 0.2) is 5.60 Å². The number of carbonyl (C=O) groups excluding carboxylic acids is 1. The smallest absolute Gasteiger partial charge is 0.340 e. The maximum atomic E-state index is 13.1. The van der Waals surface area contributed by atoms with Crippen LogP contribution in [0.3, 0.4) is 0 Å². The van der Waals surface area contributed by atoms with Crippen molar-refractivity contribution in [2.75, 3.05) is 38.0 Å². The topological polar surface area (TPSA) is 32.8 Å². The first kappa shape index (κ1) is 20.1. The van der Waals surface area contributed by atoms with Crippen LogP contribution in [0.1, 0.15) is 27.0 Å². The van der Waals surface area contributed by atoms with Crippen LogP contribution in [0.25, 0.3) is 10.8 Å². The van der Waals surface area contributed by atoms with E-state index >= 15 is 0 Å². The lowest BCUT2D eigenvalue weighted by Crippen LogP contribution is -2.30. The summed E-state index contributed by atoms with van der Waals surface area (Å²) in [5.74, 6) is -0.293. The molecule has 0 saturated carbocycles. The Balaban J connectivity index is 1.86. The molecule has 0 saturated heterocycles. The van der Waals surface area contributed by atoms with Crippen LogP contribution in [0, 0.1) is 0 Å². The van der Waals surface area contributed by atoms with Gasteiger partial charge in [0.1, 0.15) is 0 Å². The van der Waals surface area contributed by atoms with E-state index < -0.39 is 5.60 Å². The number of hydrogen-bond acceptors (Lipinski definition) is 4. The Hall–Kier alpha value is -3.79. The van der Waals surface area contributed by atoms with Crippen LogP contribution in [0.2, 0.25) is 0 Å². The van der Waals surface area contributed by atoms with Crippen molar-refractivity contribution in [2.24, 2.45) is 0 Å². The number of esters is 1. The lowest BCUT2D eigenvalue weighted by molar-refractivity contribution is 0.0256. The zero-order chi connectivity index (χ0) is 22.5. The van der Waals surface area contributed by atoms with Gasteiger partial charge in [0, 0.05) is 61.6 Å². The molecule has 160 valence electrons. The van der Waals surface area contributed by atoms with Crippen molar-refractivity contribution in [2.45, 2.75) is 5.60 Å². The first-order valence-corrected chi connectivity index (χ1v) is 10.7. The fourth-order valence-corrected chi connectivity index (χ4v) is 4.76. The summed E-state index contributed by atoms with van der Waals surface area (Å²) in [4.78, 5) is 17.2. The summed E-state index contributed by atoms with van der Waals surface area (Å²) >= 11 is 0. The van der Waals surface area contributed by atoms with Gasteiger partial charge in [-0.2, -0.15) is 0 Å². The molecule has 1 unspecified atom stereocenters. The van der Waals surface area contributed by atoms with Crippen molar-refractivity contribution >= 4 is 28.1 Å². The van der Waals surface area contributed by atoms with E-state index in [0.717, 1.165) is 38.8 Å². The fourth-order valence-electron chi connectivity index (χ4n) is 4.76. The Morgan fingerprint density at radius 2 is 1.31 bits per heavy atom. The largest absolute Gasteiger partial charge is 0.441 e.